The molecule has 2 heterocycles. The van der Waals surface area contributed by atoms with Crippen molar-refractivity contribution in [3.63, 3.8) is 0 Å². The molecule has 1 atom stereocenters. The van der Waals surface area contributed by atoms with Crippen molar-refractivity contribution >= 4 is 5.91 Å². The molecule has 1 spiro atoms. The van der Waals surface area contributed by atoms with Crippen LogP contribution in [0.4, 0.5) is 0 Å². The van der Waals surface area contributed by atoms with Gasteiger partial charge in [-0.2, -0.15) is 0 Å². The summed E-state index contributed by atoms with van der Waals surface area (Å²) in [4.78, 5) is 13.8. The molecule has 0 saturated carbocycles. The van der Waals surface area contributed by atoms with E-state index in [1.54, 1.807) is 6.92 Å². The monoisotopic (exact) mass is 302 g/mol. The zero-order chi connectivity index (χ0) is 15.4. The van der Waals surface area contributed by atoms with E-state index >= 15 is 0 Å². The molecule has 1 aromatic rings. The summed E-state index contributed by atoms with van der Waals surface area (Å²) in [5.74, 6) is 0.0727. The van der Waals surface area contributed by atoms with E-state index in [4.69, 9.17) is 4.74 Å². The van der Waals surface area contributed by atoms with Gasteiger partial charge in [-0.25, -0.2) is 0 Å². The van der Waals surface area contributed by atoms with Crippen LogP contribution in [-0.4, -0.2) is 42.1 Å². The molecule has 2 aliphatic rings. The topological polar surface area (TPSA) is 41.6 Å². The molecule has 2 saturated heterocycles. The van der Waals surface area contributed by atoms with Gasteiger partial charge in [0.1, 0.15) is 0 Å². The number of nitrogens with zero attached hydrogens (tertiary/aromatic N) is 1. The van der Waals surface area contributed by atoms with E-state index in [2.05, 4.69) is 40.5 Å². The molecule has 3 rings (SSSR count). The molecule has 120 valence electrons. The number of nitrogens with one attached hydrogen (secondary N) is 1. The SMILES string of the molecule is CC(=O)NC1CCOC2(CCN(Cc3ccccc3)CC2)C1. The van der Waals surface area contributed by atoms with Crippen LogP contribution in [0, 0.1) is 0 Å². The molecular weight excluding hydrogens is 276 g/mol. The first-order valence-electron chi connectivity index (χ1n) is 8.33. The summed E-state index contributed by atoms with van der Waals surface area (Å²) in [5, 5.41) is 3.07. The predicted molar refractivity (Wildman–Crippen MR) is 86.5 cm³/mol. The lowest BCUT2D eigenvalue weighted by Gasteiger charge is -2.46. The maximum Gasteiger partial charge on any atom is 0.217 e. The van der Waals surface area contributed by atoms with Crippen LogP contribution in [0.25, 0.3) is 0 Å². The van der Waals surface area contributed by atoms with Crippen molar-refractivity contribution in [3.8, 4) is 0 Å². The Balaban J connectivity index is 1.53. The maximum atomic E-state index is 11.3. The van der Waals surface area contributed by atoms with Crippen molar-refractivity contribution in [3.05, 3.63) is 35.9 Å². The van der Waals surface area contributed by atoms with Gasteiger partial charge in [-0.05, 0) is 31.2 Å². The summed E-state index contributed by atoms with van der Waals surface area (Å²) >= 11 is 0. The Labute approximate surface area is 132 Å². The van der Waals surface area contributed by atoms with Crippen LogP contribution < -0.4 is 5.32 Å². The lowest BCUT2D eigenvalue weighted by atomic mass is 9.82. The van der Waals surface area contributed by atoms with Crippen molar-refractivity contribution in [1.82, 2.24) is 10.2 Å². The van der Waals surface area contributed by atoms with Gasteiger partial charge in [0, 0.05) is 39.2 Å². The molecular formula is C18H26N2O2. The van der Waals surface area contributed by atoms with Gasteiger partial charge in [0.2, 0.25) is 5.91 Å². The van der Waals surface area contributed by atoms with Crippen LogP contribution in [-0.2, 0) is 16.1 Å². The first kappa shape index (κ1) is 15.5. The second-order valence-electron chi connectivity index (χ2n) is 6.68. The number of hydrogen-bond donors (Lipinski definition) is 1. The Hall–Kier alpha value is -1.39. The standard InChI is InChI=1S/C18H26N2O2/c1-15(21)19-17-7-12-22-18(13-17)8-10-20(11-9-18)14-16-5-3-2-4-6-16/h2-6,17H,7-14H2,1H3,(H,19,21). The van der Waals surface area contributed by atoms with Crippen molar-refractivity contribution in [2.24, 2.45) is 0 Å². The summed E-state index contributed by atoms with van der Waals surface area (Å²) in [6.07, 6.45) is 4.03. The van der Waals surface area contributed by atoms with Crippen LogP contribution in [0.3, 0.4) is 0 Å². The van der Waals surface area contributed by atoms with Crippen molar-refractivity contribution in [2.45, 2.75) is 50.8 Å². The number of carbonyl (C=O) groups excluding carboxylic acids is 1. The highest BCUT2D eigenvalue weighted by Gasteiger charge is 2.40. The summed E-state index contributed by atoms with van der Waals surface area (Å²) in [6.45, 7) is 5.53. The van der Waals surface area contributed by atoms with Gasteiger partial charge in [-0.3, -0.25) is 9.69 Å². The fraction of sp³-hybridized carbons (Fsp3) is 0.611. The molecule has 0 radical (unpaired) electrons. The van der Waals surface area contributed by atoms with Crippen LogP contribution in [0.5, 0.6) is 0 Å². The lowest BCUT2D eigenvalue weighted by Crippen LogP contribution is -2.53. The number of ether oxygens (including phenoxy) is 1. The zero-order valence-corrected chi connectivity index (χ0v) is 13.4. The molecule has 4 heteroatoms. The number of rotatable bonds is 3. The Morgan fingerprint density at radius 3 is 2.73 bits per heavy atom. The quantitative estimate of drug-likeness (QED) is 0.932. The van der Waals surface area contributed by atoms with Crippen LogP contribution in [0.2, 0.25) is 0 Å². The van der Waals surface area contributed by atoms with E-state index < -0.39 is 0 Å². The highest BCUT2D eigenvalue weighted by Crippen LogP contribution is 2.35. The van der Waals surface area contributed by atoms with Gasteiger partial charge in [0.15, 0.2) is 0 Å². The van der Waals surface area contributed by atoms with Crippen molar-refractivity contribution < 1.29 is 9.53 Å². The summed E-state index contributed by atoms with van der Waals surface area (Å²) in [6, 6.07) is 10.9. The molecule has 0 aliphatic carbocycles. The third kappa shape index (κ3) is 3.87. The second kappa shape index (κ2) is 6.80. The Bertz CT molecular complexity index is 495. The number of hydrogen-bond acceptors (Lipinski definition) is 3. The number of benzene rings is 1. The highest BCUT2D eigenvalue weighted by molar-refractivity contribution is 5.73. The zero-order valence-electron chi connectivity index (χ0n) is 13.4. The van der Waals surface area contributed by atoms with Crippen molar-refractivity contribution in [2.75, 3.05) is 19.7 Å². The van der Waals surface area contributed by atoms with E-state index in [0.29, 0.717) is 0 Å². The van der Waals surface area contributed by atoms with Gasteiger partial charge < -0.3 is 10.1 Å². The number of carbonyl (C=O) groups is 1. The molecule has 0 aromatic heterocycles. The van der Waals surface area contributed by atoms with E-state index in [-0.39, 0.29) is 17.6 Å². The predicted octanol–water partition coefficient (Wildman–Crippen LogP) is 2.34. The molecule has 22 heavy (non-hydrogen) atoms. The Morgan fingerprint density at radius 1 is 1.32 bits per heavy atom. The summed E-state index contributed by atoms with van der Waals surface area (Å²) < 4.78 is 6.14. The first-order chi connectivity index (χ1) is 10.7. The lowest BCUT2D eigenvalue weighted by molar-refractivity contribution is -0.130. The second-order valence-corrected chi connectivity index (χ2v) is 6.68. The highest BCUT2D eigenvalue weighted by atomic mass is 16.5. The molecule has 4 nitrogen and oxygen atoms in total. The summed E-state index contributed by atoms with van der Waals surface area (Å²) in [7, 11) is 0. The fourth-order valence-corrected chi connectivity index (χ4v) is 3.75. The minimum absolute atomic E-state index is 0.0153. The van der Waals surface area contributed by atoms with Gasteiger partial charge in [-0.1, -0.05) is 30.3 Å². The third-order valence-corrected chi connectivity index (χ3v) is 4.92. The van der Waals surface area contributed by atoms with E-state index in [1.807, 2.05) is 0 Å². The smallest absolute Gasteiger partial charge is 0.217 e. The van der Waals surface area contributed by atoms with E-state index in [0.717, 1.165) is 51.9 Å². The van der Waals surface area contributed by atoms with Crippen LogP contribution >= 0.6 is 0 Å². The normalized spacial score (nSPS) is 25.0. The molecule has 1 N–H and O–H groups in total. The number of amides is 1. The molecule has 1 amide bonds. The third-order valence-electron chi connectivity index (χ3n) is 4.92. The molecule has 2 aliphatic heterocycles. The molecule has 1 unspecified atom stereocenters. The van der Waals surface area contributed by atoms with Gasteiger partial charge >= 0.3 is 0 Å². The van der Waals surface area contributed by atoms with Gasteiger partial charge in [0.05, 0.1) is 5.60 Å². The largest absolute Gasteiger partial charge is 0.375 e. The number of likely N-dealkylation sites (tertiary alicyclic amines) is 1. The minimum Gasteiger partial charge on any atom is -0.375 e. The fourth-order valence-electron chi connectivity index (χ4n) is 3.75. The average Bonchev–Trinajstić information content (AvgIpc) is 2.51. The number of piperidine rings is 1. The minimum atomic E-state index is -0.0153. The van der Waals surface area contributed by atoms with E-state index in [1.165, 1.54) is 5.56 Å². The average molecular weight is 302 g/mol. The Morgan fingerprint density at radius 2 is 2.05 bits per heavy atom. The molecule has 0 bridgehead atoms. The van der Waals surface area contributed by atoms with Crippen LogP contribution in [0.1, 0.15) is 38.2 Å². The maximum absolute atomic E-state index is 11.3. The van der Waals surface area contributed by atoms with E-state index in [9.17, 15) is 4.79 Å². The molecule has 2 fully saturated rings. The van der Waals surface area contributed by atoms with Gasteiger partial charge in [0.25, 0.3) is 0 Å². The Kier molecular flexibility index (Phi) is 4.79. The first-order valence-corrected chi connectivity index (χ1v) is 8.33. The van der Waals surface area contributed by atoms with Gasteiger partial charge in [-0.15, -0.1) is 0 Å². The van der Waals surface area contributed by atoms with Crippen LogP contribution in [0.15, 0.2) is 30.3 Å². The molecule has 1 aromatic carbocycles. The van der Waals surface area contributed by atoms with Crippen molar-refractivity contribution in [1.29, 1.82) is 0 Å². The summed E-state index contributed by atoms with van der Waals surface area (Å²) in [5.41, 5.74) is 1.36.